The highest BCUT2D eigenvalue weighted by atomic mass is 19.4. The Morgan fingerprint density at radius 2 is 1.68 bits per heavy atom. The lowest BCUT2D eigenvalue weighted by Gasteiger charge is -2.11. The van der Waals surface area contributed by atoms with Crippen molar-refractivity contribution in [1.82, 2.24) is 0 Å². The van der Waals surface area contributed by atoms with Gasteiger partial charge in [-0.2, -0.15) is 0 Å². The minimum absolute atomic E-state index is 0.0138. The second kappa shape index (κ2) is 6.65. The Balaban J connectivity index is 2.31. The molecule has 1 N–H and O–H groups in total. The number of rotatable bonds is 5. The number of alkyl halides is 3. The molecular weight excluding hydrogens is 304 g/mol. The van der Waals surface area contributed by atoms with E-state index in [9.17, 15) is 17.6 Å². The Labute approximate surface area is 123 Å². The van der Waals surface area contributed by atoms with Gasteiger partial charge in [0.2, 0.25) is 0 Å². The van der Waals surface area contributed by atoms with E-state index in [0.717, 1.165) is 18.2 Å². The van der Waals surface area contributed by atoms with Gasteiger partial charge in [-0.25, -0.2) is 4.39 Å². The number of aliphatic hydroxyl groups is 1. The third-order valence-electron chi connectivity index (χ3n) is 2.63. The summed E-state index contributed by atoms with van der Waals surface area (Å²) in [5, 5.41) is 8.69. The quantitative estimate of drug-likeness (QED) is 0.854. The number of hydrogen-bond acceptors (Lipinski definition) is 3. The van der Waals surface area contributed by atoms with Crippen molar-refractivity contribution in [2.45, 2.75) is 6.36 Å². The first-order valence-electron chi connectivity index (χ1n) is 6.28. The number of halogens is 4. The van der Waals surface area contributed by atoms with Crippen molar-refractivity contribution in [3.05, 3.63) is 48.3 Å². The maximum absolute atomic E-state index is 13.6. The summed E-state index contributed by atoms with van der Waals surface area (Å²) in [4.78, 5) is 0. The Kier molecular flexibility index (Phi) is 4.87. The van der Waals surface area contributed by atoms with Gasteiger partial charge < -0.3 is 14.6 Å². The van der Waals surface area contributed by atoms with Crippen LogP contribution in [-0.4, -0.2) is 24.7 Å². The van der Waals surface area contributed by atoms with E-state index < -0.39 is 17.9 Å². The standard InChI is InChI=1S/C15H12F4O3/c16-12-6-11(8-14(9-12)21-5-4-20)10-2-1-3-13(7-10)22-15(17,18)19/h1-3,6-9,20H,4-5H2. The smallest absolute Gasteiger partial charge is 0.491 e. The van der Waals surface area contributed by atoms with Crippen LogP contribution in [0, 0.1) is 5.82 Å². The number of aliphatic hydroxyl groups excluding tert-OH is 1. The molecule has 0 spiro atoms. The van der Waals surface area contributed by atoms with E-state index in [4.69, 9.17) is 9.84 Å². The highest BCUT2D eigenvalue weighted by Crippen LogP contribution is 2.30. The predicted octanol–water partition coefficient (Wildman–Crippen LogP) is 3.76. The van der Waals surface area contributed by atoms with Gasteiger partial charge in [0.15, 0.2) is 0 Å². The number of benzene rings is 2. The van der Waals surface area contributed by atoms with E-state index >= 15 is 0 Å². The summed E-state index contributed by atoms with van der Waals surface area (Å²) in [6, 6.07) is 8.94. The van der Waals surface area contributed by atoms with Crippen LogP contribution in [0.15, 0.2) is 42.5 Å². The molecule has 0 aliphatic rings. The first-order chi connectivity index (χ1) is 10.4. The molecule has 2 aromatic carbocycles. The molecule has 0 saturated carbocycles. The van der Waals surface area contributed by atoms with Gasteiger partial charge in [-0.3, -0.25) is 0 Å². The van der Waals surface area contributed by atoms with Crippen LogP contribution in [0.1, 0.15) is 0 Å². The van der Waals surface area contributed by atoms with E-state index in [1.54, 1.807) is 0 Å². The third-order valence-corrected chi connectivity index (χ3v) is 2.63. The van der Waals surface area contributed by atoms with Crippen LogP contribution in [0.3, 0.4) is 0 Å². The molecule has 0 radical (unpaired) electrons. The SMILES string of the molecule is OCCOc1cc(F)cc(-c2cccc(OC(F)(F)F)c2)c1. The summed E-state index contributed by atoms with van der Waals surface area (Å²) in [6.45, 7) is -0.249. The zero-order valence-corrected chi connectivity index (χ0v) is 11.2. The molecule has 0 aliphatic carbocycles. The van der Waals surface area contributed by atoms with E-state index in [1.165, 1.54) is 24.3 Å². The van der Waals surface area contributed by atoms with Gasteiger partial charge in [0.05, 0.1) is 6.61 Å². The Morgan fingerprint density at radius 3 is 2.36 bits per heavy atom. The lowest BCUT2D eigenvalue weighted by Crippen LogP contribution is -2.17. The molecular formula is C15H12F4O3. The molecule has 22 heavy (non-hydrogen) atoms. The zero-order chi connectivity index (χ0) is 16.2. The van der Waals surface area contributed by atoms with Crippen LogP contribution >= 0.6 is 0 Å². The normalized spacial score (nSPS) is 11.3. The monoisotopic (exact) mass is 316 g/mol. The molecule has 118 valence electrons. The lowest BCUT2D eigenvalue weighted by atomic mass is 10.1. The van der Waals surface area contributed by atoms with Crippen molar-refractivity contribution >= 4 is 0 Å². The molecule has 0 atom stereocenters. The highest BCUT2D eigenvalue weighted by Gasteiger charge is 2.31. The fraction of sp³-hybridized carbons (Fsp3) is 0.200. The van der Waals surface area contributed by atoms with Crippen LogP contribution in [0.5, 0.6) is 11.5 Å². The van der Waals surface area contributed by atoms with Crippen molar-refractivity contribution in [3.8, 4) is 22.6 Å². The molecule has 0 fully saturated rings. The molecule has 2 aromatic rings. The van der Waals surface area contributed by atoms with Crippen molar-refractivity contribution in [2.24, 2.45) is 0 Å². The largest absolute Gasteiger partial charge is 0.573 e. The number of hydrogen-bond donors (Lipinski definition) is 1. The second-order valence-electron chi connectivity index (χ2n) is 4.32. The Bertz CT molecular complexity index is 641. The van der Waals surface area contributed by atoms with Crippen LogP contribution in [0.4, 0.5) is 17.6 Å². The summed E-state index contributed by atoms with van der Waals surface area (Å²) in [5.41, 5.74) is 0.677. The molecule has 0 saturated heterocycles. The molecule has 2 rings (SSSR count). The van der Waals surface area contributed by atoms with Gasteiger partial charge in [-0.05, 0) is 35.4 Å². The molecule has 0 aromatic heterocycles. The summed E-state index contributed by atoms with van der Waals surface area (Å²) < 4.78 is 59.1. The zero-order valence-electron chi connectivity index (χ0n) is 11.2. The van der Waals surface area contributed by atoms with Crippen LogP contribution < -0.4 is 9.47 Å². The summed E-state index contributed by atoms with van der Waals surface area (Å²) in [7, 11) is 0. The topological polar surface area (TPSA) is 38.7 Å². The van der Waals surface area contributed by atoms with Crippen molar-refractivity contribution in [3.63, 3.8) is 0 Å². The van der Waals surface area contributed by atoms with Gasteiger partial charge >= 0.3 is 6.36 Å². The van der Waals surface area contributed by atoms with E-state index in [0.29, 0.717) is 11.1 Å². The van der Waals surface area contributed by atoms with Gasteiger partial charge in [0, 0.05) is 6.07 Å². The fourth-order valence-electron chi connectivity index (χ4n) is 1.85. The average Bonchev–Trinajstić information content (AvgIpc) is 2.43. The molecule has 0 unspecified atom stereocenters. The predicted molar refractivity (Wildman–Crippen MR) is 71.1 cm³/mol. The Hall–Kier alpha value is -2.28. The molecule has 0 aliphatic heterocycles. The minimum atomic E-state index is -4.80. The summed E-state index contributed by atoms with van der Waals surface area (Å²) in [5.74, 6) is -0.828. The number of ether oxygens (including phenoxy) is 2. The molecule has 3 nitrogen and oxygen atoms in total. The average molecular weight is 316 g/mol. The van der Waals surface area contributed by atoms with Gasteiger partial charge in [-0.1, -0.05) is 12.1 Å². The minimum Gasteiger partial charge on any atom is -0.491 e. The maximum Gasteiger partial charge on any atom is 0.573 e. The molecule has 0 amide bonds. The highest BCUT2D eigenvalue weighted by molar-refractivity contribution is 5.66. The van der Waals surface area contributed by atoms with E-state index in [2.05, 4.69) is 4.74 Å². The van der Waals surface area contributed by atoms with Crippen LogP contribution in [0.25, 0.3) is 11.1 Å². The first-order valence-corrected chi connectivity index (χ1v) is 6.28. The molecule has 0 heterocycles. The van der Waals surface area contributed by atoms with Gasteiger partial charge in [0.1, 0.15) is 23.9 Å². The van der Waals surface area contributed by atoms with Crippen LogP contribution in [0.2, 0.25) is 0 Å². The fourth-order valence-corrected chi connectivity index (χ4v) is 1.85. The lowest BCUT2D eigenvalue weighted by molar-refractivity contribution is -0.274. The first kappa shape index (κ1) is 16.1. The maximum atomic E-state index is 13.6. The second-order valence-corrected chi connectivity index (χ2v) is 4.32. The van der Waals surface area contributed by atoms with E-state index in [-0.39, 0.29) is 19.0 Å². The van der Waals surface area contributed by atoms with Crippen molar-refractivity contribution < 1.29 is 32.1 Å². The van der Waals surface area contributed by atoms with Gasteiger partial charge in [0.25, 0.3) is 0 Å². The van der Waals surface area contributed by atoms with E-state index in [1.807, 2.05) is 0 Å². The Morgan fingerprint density at radius 1 is 0.955 bits per heavy atom. The summed E-state index contributed by atoms with van der Waals surface area (Å²) in [6.07, 6.45) is -4.80. The molecule has 7 heteroatoms. The third kappa shape index (κ3) is 4.63. The molecule has 0 bridgehead atoms. The van der Waals surface area contributed by atoms with Gasteiger partial charge in [-0.15, -0.1) is 13.2 Å². The van der Waals surface area contributed by atoms with Crippen molar-refractivity contribution in [1.29, 1.82) is 0 Å². The van der Waals surface area contributed by atoms with Crippen molar-refractivity contribution in [2.75, 3.05) is 13.2 Å². The summed E-state index contributed by atoms with van der Waals surface area (Å²) >= 11 is 0. The van der Waals surface area contributed by atoms with Crippen LogP contribution in [-0.2, 0) is 0 Å².